The van der Waals surface area contributed by atoms with Crippen LogP contribution in [0.25, 0.3) is 0 Å². The molecule has 0 bridgehead atoms. The zero-order valence-corrected chi connectivity index (χ0v) is 11.5. The van der Waals surface area contributed by atoms with Crippen LogP contribution in [0.1, 0.15) is 35.8 Å². The number of aromatic nitrogens is 1. The third-order valence-electron chi connectivity index (χ3n) is 3.62. The number of rotatable bonds is 4. The van der Waals surface area contributed by atoms with E-state index in [1.54, 1.807) is 19.1 Å². The summed E-state index contributed by atoms with van der Waals surface area (Å²) in [6.45, 7) is 6.67. The molecule has 5 nitrogen and oxygen atoms in total. The number of likely N-dealkylation sites (tertiary alicyclic amines) is 1. The van der Waals surface area contributed by atoms with Crippen molar-refractivity contribution in [2.75, 3.05) is 19.6 Å². The van der Waals surface area contributed by atoms with E-state index in [1.165, 1.54) is 12.8 Å². The van der Waals surface area contributed by atoms with Gasteiger partial charge >= 0.3 is 0 Å². The van der Waals surface area contributed by atoms with Gasteiger partial charge in [-0.15, -0.1) is 0 Å². The first-order valence-electron chi connectivity index (χ1n) is 6.80. The highest BCUT2D eigenvalue weighted by Gasteiger charge is 2.19. The predicted octanol–water partition coefficient (Wildman–Crippen LogP) is 0.897. The third kappa shape index (κ3) is 3.44. The molecule has 0 spiro atoms. The first kappa shape index (κ1) is 13.8. The molecule has 0 aliphatic carbocycles. The normalized spacial score (nSPS) is 17.4. The molecule has 2 rings (SSSR count). The number of pyridine rings is 1. The molecule has 1 saturated heterocycles. The van der Waals surface area contributed by atoms with E-state index in [2.05, 4.69) is 22.1 Å². The van der Waals surface area contributed by atoms with Crippen molar-refractivity contribution in [3.63, 3.8) is 0 Å². The van der Waals surface area contributed by atoms with Gasteiger partial charge in [-0.2, -0.15) is 0 Å². The Morgan fingerprint density at radius 1 is 1.42 bits per heavy atom. The lowest BCUT2D eigenvalue weighted by molar-refractivity contribution is 0.0939. The average Bonchev–Trinajstić information content (AvgIpc) is 2.89. The van der Waals surface area contributed by atoms with Gasteiger partial charge in [0.1, 0.15) is 5.56 Å². The highest BCUT2D eigenvalue weighted by molar-refractivity contribution is 5.93. The maximum Gasteiger partial charge on any atom is 0.260 e. The number of carbonyl (C=O) groups excluding carboxylic acids is 1. The van der Waals surface area contributed by atoms with E-state index in [0.29, 0.717) is 12.6 Å². The number of aromatic amines is 1. The lowest BCUT2D eigenvalue weighted by atomic mass is 10.2. The van der Waals surface area contributed by atoms with Crippen molar-refractivity contribution in [2.24, 2.45) is 0 Å². The second-order valence-corrected chi connectivity index (χ2v) is 5.19. The standard InChI is InChI=1S/C14H21N3O2/c1-10-5-6-12(14(19)16-10)13(18)15-9-11(2)17-7-3-4-8-17/h5-6,11H,3-4,7-9H2,1-2H3,(H,15,18)(H,16,19)/t11-/m0/s1. The summed E-state index contributed by atoms with van der Waals surface area (Å²) in [7, 11) is 0. The molecule has 19 heavy (non-hydrogen) atoms. The molecule has 1 fully saturated rings. The maximum atomic E-state index is 11.9. The fraction of sp³-hybridized carbons (Fsp3) is 0.571. The second-order valence-electron chi connectivity index (χ2n) is 5.19. The quantitative estimate of drug-likeness (QED) is 0.848. The molecule has 2 heterocycles. The molecule has 2 N–H and O–H groups in total. The largest absolute Gasteiger partial charge is 0.350 e. The Bertz CT molecular complexity index is 504. The molecule has 5 heteroatoms. The molecule has 1 aromatic heterocycles. The topological polar surface area (TPSA) is 65.2 Å². The lowest BCUT2D eigenvalue weighted by Crippen LogP contribution is -2.41. The number of hydrogen-bond acceptors (Lipinski definition) is 3. The molecule has 1 aliphatic heterocycles. The minimum atomic E-state index is -0.327. The van der Waals surface area contributed by atoms with Gasteiger partial charge in [0, 0.05) is 18.3 Å². The zero-order chi connectivity index (χ0) is 13.8. The number of hydrogen-bond donors (Lipinski definition) is 2. The Balaban J connectivity index is 1.92. The van der Waals surface area contributed by atoms with Crippen LogP contribution < -0.4 is 10.9 Å². The van der Waals surface area contributed by atoms with Crippen LogP contribution in [0.3, 0.4) is 0 Å². The van der Waals surface area contributed by atoms with Crippen LogP contribution >= 0.6 is 0 Å². The Kier molecular flexibility index (Phi) is 4.37. The summed E-state index contributed by atoms with van der Waals surface area (Å²) in [6.07, 6.45) is 2.46. The highest BCUT2D eigenvalue weighted by atomic mass is 16.2. The minimum Gasteiger partial charge on any atom is -0.350 e. The Hall–Kier alpha value is -1.62. The summed E-state index contributed by atoms with van der Waals surface area (Å²) < 4.78 is 0. The van der Waals surface area contributed by atoms with Crippen LogP contribution in [0.2, 0.25) is 0 Å². The summed E-state index contributed by atoms with van der Waals surface area (Å²) in [6, 6.07) is 3.63. The monoisotopic (exact) mass is 263 g/mol. The van der Waals surface area contributed by atoms with Crippen LogP contribution in [-0.4, -0.2) is 41.5 Å². The number of H-pyrrole nitrogens is 1. The van der Waals surface area contributed by atoms with E-state index in [4.69, 9.17) is 0 Å². The summed E-state index contributed by atoms with van der Waals surface area (Å²) in [4.78, 5) is 28.6. The van der Waals surface area contributed by atoms with Crippen molar-refractivity contribution in [2.45, 2.75) is 32.7 Å². The Morgan fingerprint density at radius 2 is 2.11 bits per heavy atom. The van der Waals surface area contributed by atoms with E-state index in [0.717, 1.165) is 18.8 Å². The number of nitrogens with one attached hydrogen (secondary N) is 2. The summed E-state index contributed by atoms with van der Waals surface area (Å²) >= 11 is 0. The molecule has 104 valence electrons. The van der Waals surface area contributed by atoms with Crippen molar-refractivity contribution < 1.29 is 4.79 Å². The van der Waals surface area contributed by atoms with E-state index in [-0.39, 0.29) is 17.0 Å². The zero-order valence-electron chi connectivity index (χ0n) is 11.5. The van der Waals surface area contributed by atoms with Crippen molar-refractivity contribution in [1.29, 1.82) is 0 Å². The first-order valence-corrected chi connectivity index (χ1v) is 6.80. The van der Waals surface area contributed by atoms with E-state index >= 15 is 0 Å². The van der Waals surface area contributed by atoms with Crippen molar-refractivity contribution in [3.8, 4) is 0 Å². The molecule has 0 saturated carbocycles. The number of carbonyl (C=O) groups is 1. The average molecular weight is 263 g/mol. The first-order chi connectivity index (χ1) is 9.08. The van der Waals surface area contributed by atoms with Crippen LogP contribution in [-0.2, 0) is 0 Å². The Labute approximate surface area is 113 Å². The molecule has 1 atom stereocenters. The molecule has 0 unspecified atom stereocenters. The fourth-order valence-electron chi connectivity index (χ4n) is 2.40. The van der Waals surface area contributed by atoms with Crippen molar-refractivity contribution >= 4 is 5.91 Å². The molecule has 1 aliphatic rings. The second kappa shape index (κ2) is 6.02. The molecule has 0 radical (unpaired) electrons. The van der Waals surface area contributed by atoms with Crippen LogP contribution in [0.15, 0.2) is 16.9 Å². The van der Waals surface area contributed by atoms with Gasteiger partial charge in [-0.1, -0.05) is 0 Å². The van der Waals surface area contributed by atoms with E-state index in [9.17, 15) is 9.59 Å². The minimum absolute atomic E-state index is 0.180. The maximum absolute atomic E-state index is 11.9. The van der Waals surface area contributed by atoms with E-state index in [1.807, 2.05) is 0 Å². The number of amides is 1. The number of nitrogens with zero attached hydrogens (tertiary/aromatic N) is 1. The van der Waals surface area contributed by atoms with Gasteiger partial charge in [0.25, 0.3) is 11.5 Å². The summed E-state index contributed by atoms with van der Waals surface area (Å²) in [5, 5.41) is 2.84. The lowest BCUT2D eigenvalue weighted by Gasteiger charge is -2.23. The van der Waals surface area contributed by atoms with Gasteiger partial charge in [-0.25, -0.2) is 0 Å². The molecule has 1 aromatic rings. The molecule has 1 amide bonds. The van der Waals surface area contributed by atoms with Gasteiger partial charge in [-0.3, -0.25) is 14.5 Å². The molecule has 0 aromatic carbocycles. The fourth-order valence-corrected chi connectivity index (χ4v) is 2.40. The van der Waals surface area contributed by atoms with Gasteiger partial charge in [0.05, 0.1) is 0 Å². The summed E-state index contributed by atoms with van der Waals surface area (Å²) in [5.41, 5.74) is 0.609. The molecular weight excluding hydrogens is 242 g/mol. The third-order valence-corrected chi connectivity index (χ3v) is 3.62. The van der Waals surface area contributed by atoms with Gasteiger partial charge < -0.3 is 10.3 Å². The van der Waals surface area contributed by atoms with Crippen molar-refractivity contribution in [1.82, 2.24) is 15.2 Å². The van der Waals surface area contributed by atoms with Gasteiger partial charge in [0.2, 0.25) is 0 Å². The predicted molar refractivity (Wildman–Crippen MR) is 74.4 cm³/mol. The van der Waals surface area contributed by atoms with Gasteiger partial charge in [0.15, 0.2) is 0 Å². The molecular formula is C14H21N3O2. The van der Waals surface area contributed by atoms with Crippen LogP contribution in [0, 0.1) is 6.92 Å². The van der Waals surface area contributed by atoms with Crippen LogP contribution in [0.4, 0.5) is 0 Å². The van der Waals surface area contributed by atoms with E-state index < -0.39 is 0 Å². The SMILES string of the molecule is Cc1ccc(C(=O)NC[C@H](C)N2CCCC2)c(=O)[nH]1. The number of aryl methyl sites for hydroxylation is 1. The summed E-state index contributed by atoms with van der Waals surface area (Å²) in [5.74, 6) is -0.299. The smallest absolute Gasteiger partial charge is 0.260 e. The van der Waals surface area contributed by atoms with Gasteiger partial charge in [-0.05, 0) is 51.9 Å². The van der Waals surface area contributed by atoms with Crippen LogP contribution in [0.5, 0.6) is 0 Å². The Morgan fingerprint density at radius 3 is 2.74 bits per heavy atom. The highest BCUT2D eigenvalue weighted by Crippen LogP contribution is 2.10. The van der Waals surface area contributed by atoms with Crippen molar-refractivity contribution in [3.05, 3.63) is 33.7 Å².